The average molecular weight is 307 g/mol. The van der Waals surface area contributed by atoms with E-state index in [9.17, 15) is 4.79 Å². The maximum absolute atomic E-state index is 12.3. The van der Waals surface area contributed by atoms with Crippen molar-refractivity contribution in [3.05, 3.63) is 41.1 Å². The van der Waals surface area contributed by atoms with Crippen LogP contribution >= 0.6 is 11.6 Å². The van der Waals surface area contributed by atoms with Gasteiger partial charge in [-0.2, -0.15) is 0 Å². The van der Waals surface area contributed by atoms with E-state index in [-0.39, 0.29) is 24.2 Å². The SMILES string of the molecule is O=C(c1cc(-c2cccc(Cl)c2)no1)N1CCC(CO)C1. The quantitative estimate of drug-likeness (QED) is 0.946. The highest BCUT2D eigenvalue weighted by Gasteiger charge is 2.28. The van der Waals surface area contributed by atoms with Gasteiger partial charge < -0.3 is 14.5 Å². The standard InChI is InChI=1S/C15H15ClN2O3/c16-12-3-1-2-11(6-12)13-7-14(21-17-13)15(20)18-5-4-10(8-18)9-19/h1-3,6-7,10,19H,4-5,8-9H2. The summed E-state index contributed by atoms with van der Waals surface area (Å²) in [6.07, 6.45) is 0.817. The van der Waals surface area contributed by atoms with E-state index in [4.69, 9.17) is 21.2 Å². The van der Waals surface area contributed by atoms with Crippen LogP contribution in [-0.4, -0.2) is 40.8 Å². The number of aliphatic hydroxyl groups excluding tert-OH is 1. The molecule has 0 bridgehead atoms. The topological polar surface area (TPSA) is 66.6 Å². The summed E-state index contributed by atoms with van der Waals surface area (Å²) in [5.41, 5.74) is 1.39. The maximum Gasteiger partial charge on any atom is 0.292 e. The molecule has 5 nitrogen and oxygen atoms in total. The van der Waals surface area contributed by atoms with E-state index in [2.05, 4.69) is 5.16 Å². The molecule has 0 aliphatic carbocycles. The molecule has 1 atom stereocenters. The second-order valence-electron chi connectivity index (χ2n) is 5.18. The van der Waals surface area contributed by atoms with Crippen molar-refractivity contribution >= 4 is 17.5 Å². The van der Waals surface area contributed by atoms with Crippen LogP contribution < -0.4 is 0 Å². The predicted octanol–water partition coefficient (Wildman–Crippen LogP) is 2.45. The van der Waals surface area contributed by atoms with Crippen LogP contribution in [0, 0.1) is 5.92 Å². The monoisotopic (exact) mass is 306 g/mol. The number of aromatic nitrogens is 1. The number of likely N-dealkylation sites (tertiary alicyclic amines) is 1. The Morgan fingerprint density at radius 1 is 1.48 bits per heavy atom. The first-order valence-corrected chi connectivity index (χ1v) is 7.18. The van der Waals surface area contributed by atoms with E-state index < -0.39 is 0 Å². The Bertz CT molecular complexity index is 656. The molecule has 1 aromatic heterocycles. The van der Waals surface area contributed by atoms with Crippen LogP contribution in [0.15, 0.2) is 34.9 Å². The molecule has 1 unspecified atom stereocenters. The minimum Gasteiger partial charge on any atom is -0.396 e. The molecule has 110 valence electrons. The second-order valence-corrected chi connectivity index (χ2v) is 5.61. The van der Waals surface area contributed by atoms with E-state index >= 15 is 0 Å². The van der Waals surface area contributed by atoms with Crippen molar-refractivity contribution in [2.45, 2.75) is 6.42 Å². The van der Waals surface area contributed by atoms with Gasteiger partial charge in [0.2, 0.25) is 5.76 Å². The highest BCUT2D eigenvalue weighted by atomic mass is 35.5. The van der Waals surface area contributed by atoms with E-state index in [1.54, 1.807) is 23.1 Å². The normalized spacial score (nSPS) is 18.2. The van der Waals surface area contributed by atoms with Gasteiger partial charge in [-0.1, -0.05) is 28.9 Å². The number of hydrogen-bond donors (Lipinski definition) is 1. The van der Waals surface area contributed by atoms with Gasteiger partial charge in [0.15, 0.2) is 0 Å². The zero-order chi connectivity index (χ0) is 14.8. The minimum atomic E-state index is -0.188. The van der Waals surface area contributed by atoms with Crippen molar-refractivity contribution in [1.29, 1.82) is 0 Å². The number of benzene rings is 1. The molecule has 1 amide bonds. The molecule has 0 spiro atoms. The van der Waals surface area contributed by atoms with Gasteiger partial charge in [0, 0.05) is 42.3 Å². The average Bonchev–Trinajstić information content (AvgIpc) is 3.16. The summed E-state index contributed by atoms with van der Waals surface area (Å²) in [4.78, 5) is 14.0. The lowest BCUT2D eigenvalue weighted by Crippen LogP contribution is -2.28. The zero-order valence-electron chi connectivity index (χ0n) is 11.3. The lowest BCUT2D eigenvalue weighted by atomic mass is 10.1. The maximum atomic E-state index is 12.3. The first kappa shape index (κ1) is 14.1. The number of halogens is 1. The summed E-state index contributed by atoms with van der Waals surface area (Å²) in [5.74, 6) is 0.180. The summed E-state index contributed by atoms with van der Waals surface area (Å²) in [5, 5.41) is 13.7. The first-order valence-electron chi connectivity index (χ1n) is 6.80. The van der Waals surface area contributed by atoms with Gasteiger partial charge in [0.25, 0.3) is 5.91 Å². The Morgan fingerprint density at radius 2 is 2.33 bits per heavy atom. The van der Waals surface area contributed by atoms with Gasteiger partial charge in [0.1, 0.15) is 5.69 Å². The second kappa shape index (κ2) is 5.87. The fourth-order valence-corrected chi connectivity index (χ4v) is 2.67. The summed E-state index contributed by atoms with van der Waals surface area (Å²) in [6, 6.07) is 8.85. The Kier molecular flexibility index (Phi) is 3.94. The Labute approximate surface area is 127 Å². The summed E-state index contributed by atoms with van der Waals surface area (Å²) in [7, 11) is 0. The van der Waals surface area contributed by atoms with Gasteiger partial charge in [-0.05, 0) is 18.6 Å². The minimum absolute atomic E-state index is 0.105. The predicted molar refractivity (Wildman–Crippen MR) is 78.0 cm³/mol. The number of aliphatic hydroxyl groups is 1. The highest BCUT2D eigenvalue weighted by Crippen LogP contribution is 2.24. The molecule has 1 saturated heterocycles. The van der Waals surface area contributed by atoms with Crippen molar-refractivity contribution in [3.8, 4) is 11.3 Å². The van der Waals surface area contributed by atoms with E-state index in [0.717, 1.165) is 12.0 Å². The van der Waals surface area contributed by atoms with Crippen molar-refractivity contribution in [2.24, 2.45) is 5.92 Å². The number of hydrogen-bond acceptors (Lipinski definition) is 4. The molecule has 1 aromatic carbocycles. The van der Waals surface area contributed by atoms with Crippen molar-refractivity contribution in [1.82, 2.24) is 10.1 Å². The smallest absolute Gasteiger partial charge is 0.292 e. The van der Waals surface area contributed by atoms with Crippen LogP contribution in [0.1, 0.15) is 17.0 Å². The molecule has 1 fully saturated rings. The molecule has 2 heterocycles. The first-order chi connectivity index (χ1) is 10.2. The lowest BCUT2D eigenvalue weighted by Gasteiger charge is -2.13. The van der Waals surface area contributed by atoms with Crippen LogP contribution in [0.5, 0.6) is 0 Å². The molecule has 1 aliphatic rings. The van der Waals surface area contributed by atoms with Gasteiger partial charge in [-0.25, -0.2) is 0 Å². The third-order valence-electron chi connectivity index (χ3n) is 3.67. The highest BCUT2D eigenvalue weighted by molar-refractivity contribution is 6.30. The van der Waals surface area contributed by atoms with Crippen molar-refractivity contribution < 1.29 is 14.4 Å². The molecule has 2 aromatic rings. The third-order valence-corrected chi connectivity index (χ3v) is 3.91. The van der Waals surface area contributed by atoms with Crippen LogP contribution in [0.3, 0.4) is 0 Å². The van der Waals surface area contributed by atoms with Crippen LogP contribution in [-0.2, 0) is 0 Å². The summed E-state index contributed by atoms with van der Waals surface area (Å²) >= 11 is 5.94. The Hall–Kier alpha value is -1.85. The van der Waals surface area contributed by atoms with Crippen LogP contribution in [0.2, 0.25) is 5.02 Å². The molecule has 0 saturated carbocycles. The summed E-state index contributed by atoms with van der Waals surface area (Å²) in [6.45, 7) is 1.30. The number of nitrogens with zero attached hydrogens (tertiary/aromatic N) is 2. The van der Waals surface area contributed by atoms with Crippen molar-refractivity contribution in [2.75, 3.05) is 19.7 Å². The van der Waals surface area contributed by atoms with Gasteiger partial charge in [0.05, 0.1) is 0 Å². The molecule has 3 rings (SSSR count). The van der Waals surface area contributed by atoms with Gasteiger partial charge in [-0.15, -0.1) is 0 Å². The molecule has 21 heavy (non-hydrogen) atoms. The van der Waals surface area contributed by atoms with Crippen LogP contribution in [0.25, 0.3) is 11.3 Å². The number of rotatable bonds is 3. The molecule has 1 aliphatic heterocycles. The third kappa shape index (κ3) is 2.94. The Morgan fingerprint density at radius 3 is 3.05 bits per heavy atom. The van der Waals surface area contributed by atoms with Crippen molar-refractivity contribution in [3.63, 3.8) is 0 Å². The van der Waals surface area contributed by atoms with Gasteiger partial charge >= 0.3 is 0 Å². The largest absolute Gasteiger partial charge is 0.396 e. The lowest BCUT2D eigenvalue weighted by molar-refractivity contribution is 0.0740. The molecule has 6 heteroatoms. The fraction of sp³-hybridized carbons (Fsp3) is 0.333. The van der Waals surface area contributed by atoms with E-state index in [1.165, 1.54) is 0 Å². The number of amides is 1. The van der Waals surface area contributed by atoms with Crippen LogP contribution in [0.4, 0.5) is 0 Å². The molecular formula is C15H15ClN2O3. The number of carbonyl (C=O) groups excluding carboxylic acids is 1. The van der Waals surface area contributed by atoms with Gasteiger partial charge in [-0.3, -0.25) is 4.79 Å². The fourth-order valence-electron chi connectivity index (χ4n) is 2.48. The zero-order valence-corrected chi connectivity index (χ0v) is 12.1. The molecular weight excluding hydrogens is 292 g/mol. The molecule has 0 radical (unpaired) electrons. The summed E-state index contributed by atoms with van der Waals surface area (Å²) < 4.78 is 5.16. The van der Waals surface area contributed by atoms with E-state index in [1.807, 2.05) is 12.1 Å². The molecule has 1 N–H and O–H groups in total. The number of carbonyl (C=O) groups is 1. The Balaban J connectivity index is 1.77. The van der Waals surface area contributed by atoms with E-state index in [0.29, 0.717) is 23.8 Å².